The van der Waals surface area contributed by atoms with Crippen LogP contribution in [0.15, 0.2) is 36.5 Å². The van der Waals surface area contributed by atoms with Crippen LogP contribution in [0.2, 0.25) is 0 Å². The second kappa shape index (κ2) is 11.0. The molecule has 0 spiro atoms. The van der Waals surface area contributed by atoms with E-state index in [-0.39, 0.29) is 13.1 Å². The summed E-state index contributed by atoms with van der Waals surface area (Å²) < 4.78 is 24.6. The molecule has 3 rings (SSSR count). The second-order valence-corrected chi connectivity index (χ2v) is 7.04. The number of anilines is 2. The fourth-order valence-electron chi connectivity index (χ4n) is 3.26. The predicted molar refractivity (Wildman–Crippen MR) is 117 cm³/mol. The molecule has 2 aromatic rings. The molecule has 174 valence electrons. The zero-order valence-electron chi connectivity index (χ0n) is 17.9. The van der Waals surface area contributed by atoms with Gasteiger partial charge in [0.25, 0.3) is 6.41 Å². The van der Waals surface area contributed by atoms with Gasteiger partial charge in [-0.15, -0.1) is 0 Å². The van der Waals surface area contributed by atoms with Crippen LogP contribution in [0.3, 0.4) is 0 Å². The Morgan fingerprint density at radius 1 is 1.45 bits per heavy atom. The molecular formula is C21H24FN6O5+. The zero-order valence-corrected chi connectivity index (χ0v) is 17.9. The third-order valence-corrected chi connectivity index (χ3v) is 4.94. The van der Waals surface area contributed by atoms with Crippen molar-refractivity contribution < 1.29 is 33.6 Å². The normalized spacial score (nSPS) is 15.0. The van der Waals surface area contributed by atoms with Gasteiger partial charge in [-0.05, 0) is 30.3 Å². The summed E-state index contributed by atoms with van der Waals surface area (Å²) in [5, 5.41) is 11.4. The summed E-state index contributed by atoms with van der Waals surface area (Å²) in [7, 11) is 1.23. The van der Waals surface area contributed by atoms with Crippen molar-refractivity contribution in [1.82, 2.24) is 10.3 Å². The Hall–Kier alpha value is -4.06. The van der Waals surface area contributed by atoms with Crippen LogP contribution >= 0.6 is 0 Å². The number of ether oxygens (including phenoxy) is 2. The molecule has 1 aliphatic rings. The third-order valence-electron chi connectivity index (χ3n) is 4.94. The number of nitrogens with zero attached hydrogens (tertiary/aromatic N) is 3. The van der Waals surface area contributed by atoms with Crippen LogP contribution in [-0.2, 0) is 14.3 Å². The topological polar surface area (TPSA) is 142 Å². The van der Waals surface area contributed by atoms with Crippen LogP contribution in [0, 0.1) is 11.2 Å². The number of cyclic esters (lactones) is 1. The van der Waals surface area contributed by atoms with E-state index < -0.39 is 24.1 Å². The number of methoxy groups -OCH3 is 1. The van der Waals surface area contributed by atoms with E-state index in [9.17, 15) is 18.8 Å². The molecule has 1 aromatic carbocycles. The summed E-state index contributed by atoms with van der Waals surface area (Å²) >= 11 is 0. The van der Waals surface area contributed by atoms with E-state index in [1.54, 1.807) is 29.2 Å². The van der Waals surface area contributed by atoms with E-state index in [2.05, 4.69) is 15.0 Å². The average molecular weight is 459 g/mol. The van der Waals surface area contributed by atoms with Crippen LogP contribution in [0.1, 0.15) is 0 Å². The summed E-state index contributed by atoms with van der Waals surface area (Å²) in [6, 6.07) is 7.72. The van der Waals surface area contributed by atoms with Gasteiger partial charge in [-0.25, -0.2) is 23.8 Å². The highest BCUT2D eigenvalue weighted by molar-refractivity contribution is 5.90. The van der Waals surface area contributed by atoms with Crippen molar-refractivity contribution in [2.45, 2.75) is 6.10 Å². The Kier molecular flexibility index (Phi) is 7.86. The van der Waals surface area contributed by atoms with Crippen LogP contribution in [0.25, 0.3) is 11.1 Å². The fourth-order valence-corrected chi connectivity index (χ4v) is 3.26. The van der Waals surface area contributed by atoms with Gasteiger partial charge < -0.3 is 19.7 Å². The quantitative estimate of drug-likeness (QED) is 0.206. The molecule has 3 amide bonds. The van der Waals surface area contributed by atoms with Crippen molar-refractivity contribution in [3.63, 3.8) is 0 Å². The van der Waals surface area contributed by atoms with E-state index in [0.29, 0.717) is 42.1 Å². The molecule has 0 saturated carbocycles. The van der Waals surface area contributed by atoms with Gasteiger partial charge in [-0.3, -0.25) is 15.6 Å². The minimum Gasteiger partial charge on any atom is -0.453 e. The predicted octanol–water partition coefficient (Wildman–Crippen LogP) is 0.702. The average Bonchev–Trinajstić information content (AvgIpc) is 3.21. The lowest BCUT2D eigenvalue weighted by atomic mass is 10.1. The number of hydrogen-bond donors (Lipinski definition) is 3. The Morgan fingerprint density at radius 2 is 2.27 bits per heavy atom. The maximum absolute atomic E-state index is 14.9. The van der Waals surface area contributed by atoms with Gasteiger partial charge in [-0.1, -0.05) is 0 Å². The maximum Gasteiger partial charge on any atom is 0.414 e. The Bertz CT molecular complexity index is 1020. The Balaban J connectivity index is 1.69. The molecule has 1 aliphatic heterocycles. The molecular weight excluding hydrogens is 435 g/mol. The van der Waals surface area contributed by atoms with Crippen LogP contribution in [0.5, 0.6) is 0 Å². The van der Waals surface area contributed by atoms with Crippen molar-refractivity contribution >= 4 is 36.4 Å². The SMILES string of the molecule is COC(=O)NC[C@H]1CN(c2ccc(-c3ccc(N(C=N)CC[NH2+]C=O)nc3)c(F)c2)C(=O)O1. The van der Waals surface area contributed by atoms with Gasteiger partial charge in [0.05, 0.1) is 38.8 Å². The van der Waals surface area contributed by atoms with Gasteiger partial charge in [0.1, 0.15) is 24.3 Å². The van der Waals surface area contributed by atoms with Crippen molar-refractivity contribution in [2.24, 2.45) is 0 Å². The molecule has 1 atom stereocenters. The van der Waals surface area contributed by atoms with Gasteiger partial charge in [0, 0.05) is 17.3 Å². The number of primary amides is 1. The molecule has 1 saturated heterocycles. The highest BCUT2D eigenvalue weighted by atomic mass is 19.1. The lowest BCUT2D eigenvalue weighted by molar-refractivity contribution is -0.551. The minimum absolute atomic E-state index is 0.0768. The first kappa shape index (κ1) is 23.6. The van der Waals surface area contributed by atoms with Crippen molar-refractivity contribution in [3.05, 3.63) is 42.3 Å². The third kappa shape index (κ3) is 5.80. The smallest absolute Gasteiger partial charge is 0.414 e. The van der Waals surface area contributed by atoms with Crippen molar-refractivity contribution in [3.8, 4) is 11.1 Å². The molecule has 11 nitrogen and oxygen atoms in total. The monoisotopic (exact) mass is 459 g/mol. The number of rotatable bonds is 10. The molecule has 1 aromatic heterocycles. The Labute approximate surface area is 189 Å². The molecule has 4 N–H and O–H groups in total. The lowest BCUT2D eigenvalue weighted by Crippen LogP contribution is -2.84. The van der Waals surface area contributed by atoms with Crippen molar-refractivity contribution in [2.75, 3.05) is 43.1 Å². The molecule has 0 radical (unpaired) electrons. The number of alkyl carbamates (subject to hydrolysis) is 1. The number of hydrogen-bond acceptors (Lipinski definition) is 7. The van der Waals surface area contributed by atoms with Gasteiger partial charge in [0.2, 0.25) is 0 Å². The number of carbonyl (C=O) groups excluding carboxylic acids is 3. The molecule has 2 heterocycles. The number of carbonyl (C=O) groups is 3. The molecule has 0 unspecified atom stereocenters. The number of halogens is 1. The number of quaternary nitrogens is 1. The number of benzene rings is 1. The molecule has 0 aliphatic carbocycles. The van der Waals surface area contributed by atoms with Crippen LogP contribution in [0.4, 0.5) is 25.5 Å². The van der Waals surface area contributed by atoms with Gasteiger partial charge in [-0.2, -0.15) is 0 Å². The lowest BCUT2D eigenvalue weighted by Gasteiger charge is -2.17. The van der Waals surface area contributed by atoms with E-state index >= 15 is 0 Å². The molecule has 1 fully saturated rings. The summed E-state index contributed by atoms with van der Waals surface area (Å²) in [6.07, 6.45) is 1.44. The largest absolute Gasteiger partial charge is 0.453 e. The van der Waals surface area contributed by atoms with E-state index in [1.165, 1.54) is 29.6 Å². The van der Waals surface area contributed by atoms with Crippen molar-refractivity contribution in [1.29, 1.82) is 5.41 Å². The first-order valence-electron chi connectivity index (χ1n) is 10.1. The van der Waals surface area contributed by atoms with Gasteiger partial charge in [0.15, 0.2) is 0 Å². The second-order valence-electron chi connectivity index (χ2n) is 7.04. The van der Waals surface area contributed by atoms with Gasteiger partial charge >= 0.3 is 12.2 Å². The highest BCUT2D eigenvalue weighted by Gasteiger charge is 2.33. The first-order valence-corrected chi connectivity index (χ1v) is 10.1. The first-order chi connectivity index (χ1) is 16.0. The highest BCUT2D eigenvalue weighted by Crippen LogP contribution is 2.29. The minimum atomic E-state index is -0.637. The molecule has 12 heteroatoms. The summed E-state index contributed by atoms with van der Waals surface area (Å²) in [5.74, 6) is -0.0491. The molecule has 33 heavy (non-hydrogen) atoms. The summed E-state index contributed by atoms with van der Waals surface area (Å²) in [6.45, 7) is 1.11. The fraction of sp³-hybridized carbons (Fsp3) is 0.286. The van der Waals surface area contributed by atoms with E-state index in [0.717, 1.165) is 6.34 Å². The van der Waals surface area contributed by atoms with Crippen LogP contribution < -0.4 is 20.4 Å². The number of nitrogens with two attached hydrogens (primary N) is 1. The zero-order chi connectivity index (χ0) is 23.8. The summed E-state index contributed by atoms with van der Waals surface area (Å²) in [5.41, 5.74) is 1.15. The number of aromatic nitrogens is 1. The standard InChI is InChI=1S/C21H23FN6O5/c1-32-20(30)26-10-16-11-28(21(31)33-16)15-3-4-17(18(22)8-15)14-2-5-19(25-9-14)27(12-23)7-6-24-13-29/h2-5,8-9,12-13,16,23H,6-7,10-11H2,1H3,(H,24,29)(H,26,30)/p+1/t16-/m0/s1. The Morgan fingerprint density at radius 3 is 2.91 bits per heavy atom. The number of amides is 3. The summed E-state index contributed by atoms with van der Waals surface area (Å²) in [4.78, 5) is 40.9. The molecule has 0 bridgehead atoms. The van der Waals surface area contributed by atoms with Crippen LogP contribution in [-0.4, -0.2) is 69.3 Å². The van der Waals surface area contributed by atoms with E-state index in [1.807, 2.05) is 0 Å². The van der Waals surface area contributed by atoms with E-state index in [4.69, 9.17) is 10.1 Å². The maximum atomic E-state index is 14.9. The number of pyridine rings is 1. The number of nitrogens with one attached hydrogen (secondary N) is 2.